The van der Waals surface area contributed by atoms with Crippen LogP contribution < -0.4 is 4.90 Å². The van der Waals surface area contributed by atoms with Crippen LogP contribution in [0.25, 0.3) is 0 Å². The Balaban J connectivity index is 2.01. The molecule has 4 nitrogen and oxygen atoms in total. The van der Waals surface area contributed by atoms with E-state index in [4.69, 9.17) is 11.6 Å². The molecular formula is C14H14ClFN2O2. The average molecular weight is 297 g/mol. The van der Waals surface area contributed by atoms with E-state index >= 15 is 0 Å². The Labute approximate surface area is 121 Å². The number of benzene rings is 1. The fourth-order valence-corrected chi connectivity index (χ4v) is 3.15. The zero-order chi connectivity index (χ0) is 14.4. The lowest BCUT2D eigenvalue weighted by atomic mass is 10.1. The monoisotopic (exact) mass is 296 g/mol. The van der Waals surface area contributed by atoms with Gasteiger partial charge in [-0.1, -0.05) is 11.6 Å². The van der Waals surface area contributed by atoms with E-state index in [-0.39, 0.29) is 22.9 Å². The molecule has 0 aromatic heterocycles. The number of carbonyl (C=O) groups is 2. The first-order valence-corrected chi connectivity index (χ1v) is 6.97. The van der Waals surface area contributed by atoms with Crippen molar-refractivity contribution in [3.8, 4) is 0 Å². The Morgan fingerprint density at radius 3 is 2.75 bits per heavy atom. The van der Waals surface area contributed by atoms with Gasteiger partial charge in [0, 0.05) is 12.2 Å². The number of halogens is 2. The summed E-state index contributed by atoms with van der Waals surface area (Å²) in [5.41, 5.74) is 0.466. The molecular weight excluding hydrogens is 283 g/mol. The standard InChI is InChI=1S/C14H14ClFN2O2/c1-8-13(19)17-6-2-3-12(17)14(20)18(8)9-4-5-11(16)10(15)7-9/h4-5,7-8,12H,2-3,6H2,1H3. The maximum Gasteiger partial charge on any atom is 0.250 e. The Hall–Kier alpha value is -1.62. The minimum absolute atomic E-state index is 0.0520. The van der Waals surface area contributed by atoms with Gasteiger partial charge in [-0.15, -0.1) is 0 Å². The fraction of sp³-hybridized carbons (Fsp3) is 0.429. The second kappa shape index (κ2) is 4.74. The van der Waals surface area contributed by atoms with Gasteiger partial charge in [0.05, 0.1) is 5.02 Å². The van der Waals surface area contributed by atoms with Crippen LogP contribution in [0.5, 0.6) is 0 Å². The Kier molecular flexibility index (Phi) is 3.17. The number of hydrogen-bond acceptors (Lipinski definition) is 2. The summed E-state index contributed by atoms with van der Waals surface area (Å²) in [5, 5.41) is -0.0520. The van der Waals surface area contributed by atoms with Crippen LogP contribution in [-0.2, 0) is 9.59 Å². The van der Waals surface area contributed by atoms with Crippen LogP contribution in [0.3, 0.4) is 0 Å². The average Bonchev–Trinajstić information content (AvgIpc) is 2.90. The highest BCUT2D eigenvalue weighted by Crippen LogP contribution is 2.32. The molecule has 0 saturated carbocycles. The molecule has 0 aliphatic carbocycles. The maximum absolute atomic E-state index is 13.2. The minimum Gasteiger partial charge on any atom is -0.329 e. The molecule has 0 bridgehead atoms. The van der Waals surface area contributed by atoms with Crippen molar-refractivity contribution in [2.75, 3.05) is 11.4 Å². The normalized spacial score (nSPS) is 26.1. The zero-order valence-corrected chi connectivity index (χ0v) is 11.7. The van der Waals surface area contributed by atoms with Gasteiger partial charge in [0.25, 0.3) is 5.91 Å². The predicted octanol–water partition coefficient (Wildman–Crippen LogP) is 2.21. The summed E-state index contributed by atoms with van der Waals surface area (Å²) < 4.78 is 13.2. The zero-order valence-electron chi connectivity index (χ0n) is 11.0. The minimum atomic E-state index is -0.585. The van der Waals surface area contributed by atoms with E-state index in [0.29, 0.717) is 18.7 Å². The smallest absolute Gasteiger partial charge is 0.250 e. The number of nitrogens with zero attached hydrogens (tertiary/aromatic N) is 2. The molecule has 0 spiro atoms. The third-order valence-electron chi connectivity index (χ3n) is 3.98. The predicted molar refractivity (Wildman–Crippen MR) is 73.1 cm³/mol. The lowest BCUT2D eigenvalue weighted by Crippen LogP contribution is -2.62. The summed E-state index contributed by atoms with van der Waals surface area (Å²) >= 11 is 5.77. The first-order chi connectivity index (χ1) is 9.50. The number of rotatable bonds is 1. The largest absolute Gasteiger partial charge is 0.329 e. The van der Waals surface area contributed by atoms with Crippen LogP contribution >= 0.6 is 11.6 Å². The number of fused-ring (bicyclic) bond motifs is 1. The second-order valence-electron chi connectivity index (χ2n) is 5.17. The Morgan fingerprint density at radius 2 is 2.05 bits per heavy atom. The molecule has 2 aliphatic rings. The van der Waals surface area contributed by atoms with Crippen molar-refractivity contribution in [2.24, 2.45) is 0 Å². The van der Waals surface area contributed by atoms with Crippen LogP contribution in [0.1, 0.15) is 19.8 Å². The van der Waals surface area contributed by atoms with E-state index in [1.165, 1.54) is 23.1 Å². The van der Waals surface area contributed by atoms with Gasteiger partial charge in [0.1, 0.15) is 17.9 Å². The third-order valence-corrected chi connectivity index (χ3v) is 4.27. The molecule has 0 N–H and O–H groups in total. The van der Waals surface area contributed by atoms with E-state index in [1.54, 1.807) is 11.8 Å². The van der Waals surface area contributed by atoms with E-state index in [9.17, 15) is 14.0 Å². The van der Waals surface area contributed by atoms with Gasteiger partial charge in [-0.25, -0.2) is 4.39 Å². The second-order valence-corrected chi connectivity index (χ2v) is 5.58. The molecule has 3 rings (SSSR count). The molecule has 1 aromatic rings. The number of carbonyl (C=O) groups excluding carboxylic acids is 2. The van der Waals surface area contributed by atoms with Gasteiger partial charge in [0.15, 0.2) is 0 Å². The van der Waals surface area contributed by atoms with Gasteiger partial charge in [-0.2, -0.15) is 0 Å². The molecule has 2 aliphatic heterocycles. The molecule has 2 fully saturated rings. The number of anilines is 1. The van der Waals surface area contributed by atoms with Crippen LogP contribution in [0.2, 0.25) is 5.02 Å². The van der Waals surface area contributed by atoms with Crippen LogP contribution in [-0.4, -0.2) is 35.3 Å². The van der Waals surface area contributed by atoms with Crippen molar-refractivity contribution in [3.63, 3.8) is 0 Å². The fourth-order valence-electron chi connectivity index (χ4n) is 2.97. The highest BCUT2D eigenvalue weighted by atomic mass is 35.5. The molecule has 6 heteroatoms. The SMILES string of the molecule is CC1C(=O)N2CCCC2C(=O)N1c1ccc(F)c(Cl)c1. The molecule has 0 radical (unpaired) electrons. The van der Waals surface area contributed by atoms with Crippen molar-refractivity contribution >= 4 is 29.1 Å². The highest BCUT2D eigenvalue weighted by Gasteiger charge is 2.46. The van der Waals surface area contributed by atoms with Crippen LogP contribution in [0.4, 0.5) is 10.1 Å². The van der Waals surface area contributed by atoms with Crippen LogP contribution in [0.15, 0.2) is 18.2 Å². The lowest BCUT2D eigenvalue weighted by molar-refractivity contribution is -0.143. The number of hydrogen-bond donors (Lipinski definition) is 0. The van der Waals surface area contributed by atoms with Gasteiger partial charge < -0.3 is 4.90 Å². The molecule has 2 unspecified atom stereocenters. The van der Waals surface area contributed by atoms with E-state index in [1.807, 2.05) is 0 Å². The van der Waals surface area contributed by atoms with E-state index < -0.39 is 11.9 Å². The summed E-state index contributed by atoms with van der Waals surface area (Å²) in [5.74, 6) is -0.717. The van der Waals surface area contributed by atoms with Crippen molar-refractivity contribution < 1.29 is 14.0 Å². The Bertz CT molecular complexity index is 593. The topological polar surface area (TPSA) is 40.6 Å². The van der Waals surface area contributed by atoms with E-state index in [0.717, 1.165) is 6.42 Å². The van der Waals surface area contributed by atoms with E-state index in [2.05, 4.69) is 0 Å². The van der Waals surface area contributed by atoms with Gasteiger partial charge in [-0.05, 0) is 38.0 Å². The summed E-state index contributed by atoms with van der Waals surface area (Å²) in [6, 6.07) is 3.11. The highest BCUT2D eigenvalue weighted by molar-refractivity contribution is 6.31. The molecule has 2 amide bonds. The van der Waals surface area contributed by atoms with Crippen molar-refractivity contribution in [1.29, 1.82) is 0 Å². The van der Waals surface area contributed by atoms with Crippen molar-refractivity contribution in [3.05, 3.63) is 29.0 Å². The van der Waals surface area contributed by atoms with Gasteiger partial charge >= 0.3 is 0 Å². The molecule has 2 saturated heterocycles. The quantitative estimate of drug-likeness (QED) is 0.797. The lowest BCUT2D eigenvalue weighted by Gasteiger charge is -2.40. The Morgan fingerprint density at radius 1 is 1.30 bits per heavy atom. The maximum atomic E-state index is 13.2. The molecule has 2 atom stereocenters. The number of piperazine rings is 1. The van der Waals surface area contributed by atoms with Crippen molar-refractivity contribution in [2.45, 2.75) is 31.8 Å². The summed E-state index contributed by atoms with van der Waals surface area (Å²) in [6.45, 7) is 2.32. The van der Waals surface area contributed by atoms with Crippen molar-refractivity contribution in [1.82, 2.24) is 4.90 Å². The van der Waals surface area contributed by atoms with Gasteiger partial charge in [-0.3, -0.25) is 14.5 Å². The summed E-state index contributed by atoms with van der Waals surface area (Å²) in [6.07, 6.45) is 1.52. The summed E-state index contributed by atoms with van der Waals surface area (Å²) in [7, 11) is 0. The first kappa shape index (κ1) is 13.4. The molecule has 106 valence electrons. The number of amides is 2. The third kappa shape index (κ3) is 1.88. The first-order valence-electron chi connectivity index (χ1n) is 6.59. The summed E-state index contributed by atoms with van der Waals surface area (Å²) in [4.78, 5) is 27.9. The molecule has 20 heavy (non-hydrogen) atoms. The molecule has 1 aromatic carbocycles. The molecule has 2 heterocycles. The van der Waals surface area contributed by atoms with Crippen LogP contribution in [0, 0.1) is 5.82 Å². The van der Waals surface area contributed by atoms with Gasteiger partial charge in [0.2, 0.25) is 5.91 Å².